The average molecular weight is 969 g/mol. The molecule has 0 bridgehead atoms. The lowest BCUT2D eigenvalue weighted by Gasteiger charge is -2.63. The van der Waals surface area contributed by atoms with E-state index in [0.717, 1.165) is 46.6 Å². The zero-order chi connectivity index (χ0) is 49.6. The molecule has 16 heteroatoms. The molecule has 2 fully saturated rings. The third kappa shape index (κ3) is 12.2. The first-order chi connectivity index (χ1) is 32.1. The summed E-state index contributed by atoms with van der Waals surface area (Å²) in [7, 11) is 0. The molecule has 4 aromatic rings. The number of unbranched alkanes of at least 4 members (excludes halogenated alkanes) is 2. The second kappa shape index (κ2) is 21.8. The van der Waals surface area contributed by atoms with Gasteiger partial charge in [0.15, 0.2) is 0 Å². The number of aromatic nitrogens is 1. The highest BCUT2D eigenvalue weighted by Gasteiger charge is 2.64. The van der Waals surface area contributed by atoms with E-state index < -0.39 is 35.4 Å². The number of anilines is 1. The molecule has 1 saturated carbocycles. The van der Waals surface area contributed by atoms with Crippen LogP contribution in [-0.4, -0.2) is 95.3 Å². The number of carbonyl (C=O) groups excluding carboxylic acids is 4. The van der Waals surface area contributed by atoms with Crippen LogP contribution in [-0.2, 0) is 19.1 Å². The molecule has 1 aromatic heterocycles. The molecule has 364 valence electrons. The van der Waals surface area contributed by atoms with E-state index in [4.69, 9.17) is 21.1 Å². The van der Waals surface area contributed by atoms with Gasteiger partial charge in [-0.25, -0.2) is 4.98 Å². The number of nitrogens with one attached hydrogen (secondary N) is 4. The Bertz CT molecular complexity index is 2450. The number of halogens is 1. The van der Waals surface area contributed by atoms with Crippen LogP contribution in [0.1, 0.15) is 114 Å². The summed E-state index contributed by atoms with van der Waals surface area (Å²) >= 11 is 7.81. The summed E-state index contributed by atoms with van der Waals surface area (Å²) in [6.07, 6.45) is 1.46. The number of amides is 4. The SMILES string of the molecule is Cc1ncsc1-c1ccc(C(C)NC(=O)[C@@H]2C[C@@H](O)CN2C(=O)C(NC(=O)COCCCCCNc2ccc(C(=O)N[C@H]3C(C)(C)[C@H](Oc4ccc(C#N)c(Cl)c4)C3(C)C)cc2)C(C)(C)C)cc1. The lowest BCUT2D eigenvalue weighted by atomic mass is 9.49. The molecule has 1 aliphatic heterocycles. The number of aliphatic hydroxyl groups excluding tert-OH is 1. The number of nitriles is 1. The van der Waals surface area contributed by atoms with Crippen molar-refractivity contribution in [3.63, 3.8) is 0 Å². The van der Waals surface area contributed by atoms with E-state index in [1.165, 1.54) is 4.90 Å². The molecular weight excluding hydrogens is 902 g/mol. The number of nitrogens with zero attached hydrogens (tertiary/aromatic N) is 3. The molecule has 3 aromatic carbocycles. The number of hydrogen-bond donors (Lipinski definition) is 5. The Morgan fingerprint density at radius 1 is 0.985 bits per heavy atom. The van der Waals surface area contributed by atoms with E-state index in [2.05, 4.69) is 60.0 Å². The highest BCUT2D eigenvalue weighted by molar-refractivity contribution is 7.13. The van der Waals surface area contributed by atoms with Crippen molar-refractivity contribution in [3.8, 4) is 22.3 Å². The molecular formula is C52H66ClN7O7S. The number of aliphatic hydroxyl groups is 1. The monoisotopic (exact) mass is 967 g/mol. The molecule has 0 radical (unpaired) electrons. The number of benzene rings is 3. The van der Waals surface area contributed by atoms with Crippen molar-refractivity contribution >= 4 is 52.3 Å². The highest BCUT2D eigenvalue weighted by Crippen LogP contribution is 2.55. The summed E-state index contributed by atoms with van der Waals surface area (Å²) in [6.45, 7) is 18.5. The van der Waals surface area contributed by atoms with Gasteiger partial charge in [-0.3, -0.25) is 19.2 Å². The Kier molecular flexibility index (Phi) is 16.6. The summed E-state index contributed by atoms with van der Waals surface area (Å²) in [5.41, 5.74) is 5.11. The van der Waals surface area contributed by atoms with Gasteiger partial charge in [-0.15, -0.1) is 11.3 Å². The van der Waals surface area contributed by atoms with E-state index in [1.54, 1.807) is 41.7 Å². The Balaban J connectivity index is 0.887. The molecule has 6 rings (SSSR count). The molecule has 2 heterocycles. The number of likely N-dealkylation sites (tertiary alicyclic amines) is 1. The Morgan fingerprint density at radius 3 is 2.29 bits per heavy atom. The van der Waals surface area contributed by atoms with Crippen molar-refractivity contribution in [2.24, 2.45) is 16.2 Å². The number of β-amino-alcohol motifs (C(OH)–C–C–N with tert-alkyl or cyclic N) is 1. The van der Waals surface area contributed by atoms with Crippen LogP contribution < -0.4 is 26.0 Å². The van der Waals surface area contributed by atoms with Gasteiger partial charge in [-0.1, -0.05) is 84.3 Å². The van der Waals surface area contributed by atoms with Crippen LogP contribution in [0.4, 0.5) is 5.69 Å². The fraction of sp³-hybridized carbons (Fsp3) is 0.500. The number of carbonyl (C=O) groups is 4. The van der Waals surface area contributed by atoms with Crippen molar-refractivity contribution in [1.29, 1.82) is 5.26 Å². The topological polar surface area (TPSA) is 195 Å². The quantitative estimate of drug-likeness (QED) is 0.0572. The Morgan fingerprint density at radius 2 is 1.68 bits per heavy atom. The van der Waals surface area contributed by atoms with Crippen molar-refractivity contribution in [2.45, 2.75) is 124 Å². The van der Waals surface area contributed by atoms with Gasteiger partial charge >= 0.3 is 0 Å². The Hall–Kier alpha value is -5.53. The first-order valence-electron chi connectivity index (χ1n) is 23.3. The average Bonchev–Trinajstić information content (AvgIpc) is 3.91. The van der Waals surface area contributed by atoms with E-state index in [9.17, 15) is 29.5 Å². The summed E-state index contributed by atoms with van der Waals surface area (Å²) < 4.78 is 12.1. The number of aryl methyl sites for hydroxylation is 1. The summed E-state index contributed by atoms with van der Waals surface area (Å²) in [4.78, 5) is 61.0. The van der Waals surface area contributed by atoms with Crippen molar-refractivity contribution in [3.05, 3.63) is 99.6 Å². The lowest BCUT2D eigenvalue weighted by Crippen LogP contribution is -2.74. The van der Waals surface area contributed by atoms with Crippen LogP contribution >= 0.6 is 22.9 Å². The predicted molar refractivity (Wildman–Crippen MR) is 265 cm³/mol. The zero-order valence-electron chi connectivity index (χ0n) is 40.6. The normalized spacial score (nSPS) is 20.3. The van der Waals surface area contributed by atoms with Crippen molar-refractivity contribution < 1.29 is 33.8 Å². The van der Waals surface area contributed by atoms with Crippen LogP contribution in [0.15, 0.2) is 72.2 Å². The minimum absolute atomic E-state index is 0.0135. The van der Waals surface area contributed by atoms with Gasteiger partial charge < -0.3 is 40.7 Å². The van der Waals surface area contributed by atoms with E-state index in [1.807, 2.05) is 76.5 Å². The fourth-order valence-corrected chi connectivity index (χ4v) is 10.7. The van der Waals surface area contributed by atoms with Gasteiger partial charge in [0.2, 0.25) is 17.7 Å². The third-order valence-corrected chi connectivity index (χ3v) is 14.5. The van der Waals surface area contributed by atoms with Gasteiger partial charge in [0.25, 0.3) is 5.91 Å². The van der Waals surface area contributed by atoms with E-state index in [0.29, 0.717) is 35.1 Å². The summed E-state index contributed by atoms with van der Waals surface area (Å²) in [6, 6.07) is 20.1. The second-order valence-electron chi connectivity index (χ2n) is 20.3. The van der Waals surface area contributed by atoms with Gasteiger partial charge in [0, 0.05) is 60.3 Å². The molecule has 14 nitrogen and oxygen atoms in total. The van der Waals surface area contributed by atoms with Crippen LogP contribution in [0.3, 0.4) is 0 Å². The minimum Gasteiger partial charge on any atom is -0.489 e. The van der Waals surface area contributed by atoms with Gasteiger partial charge in [-0.05, 0) is 86.1 Å². The van der Waals surface area contributed by atoms with Crippen LogP contribution in [0.5, 0.6) is 5.75 Å². The van der Waals surface area contributed by atoms with E-state index in [-0.39, 0.29) is 60.4 Å². The molecule has 68 heavy (non-hydrogen) atoms. The molecule has 4 atom stereocenters. The number of thiazole rings is 1. The predicted octanol–water partition coefficient (Wildman–Crippen LogP) is 8.22. The summed E-state index contributed by atoms with van der Waals surface area (Å²) in [5.74, 6) is -0.820. The van der Waals surface area contributed by atoms with Crippen LogP contribution in [0.2, 0.25) is 5.02 Å². The first kappa shape index (κ1) is 51.9. The highest BCUT2D eigenvalue weighted by atomic mass is 35.5. The molecule has 1 aliphatic carbocycles. The number of hydrogen-bond acceptors (Lipinski definition) is 11. The maximum Gasteiger partial charge on any atom is 0.251 e. The standard InChI is InChI=1S/C52H66ClN7O7S/c1-31(33-13-15-34(16-14-33)43-32(2)56-30-68-43)57-46(64)41-25-38(61)28-60(41)47(65)44(50(3,4)5)58-42(62)29-66-24-12-10-11-23-55-37-20-17-35(18-21-37)45(63)59-48-51(6,7)49(52(48,8)9)67-39-22-19-36(27-54)40(53)26-39/h13-22,26,30-31,38,41,44,48-49,55,61H,10-12,23-25,28-29H2,1-9H3,(H,57,64)(H,58,62)(H,59,63)/t31?,38-,41+,44?,48-,49-/m1/s1. The first-order valence-corrected chi connectivity index (χ1v) is 24.5. The maximum absolute atomic E-state index is 14.1. The molecule has 0 spiro atoms. The number of rotatable bonds is 19. The van der Waals surface area contributed by atoms with Crippen molar-refractivity contribution in [1.82, 2.24) is 25.8 Å². The van der Waals surface area contributed by atoms with E-state index >= 15 is 0 Å². The smallest absolute Gasteiger partial charge is 0.251 e. The zero-order valence-corrected chi connectivity index (χ0v) is 42.1. The van der Waals surface area contributed by atoms with Crippen molar-refractivity contribution in [2.75, 3.05) is 31.6 Å². The molecule has 4 amide bonds. The number of ether oxygens (including phenoxy) is 2. The second-order valence-corrected chi connectivity index (χ2v) is 21.6. The lowest BCUT2D eigenvalue weighted by molar-refractivity contribution is -0.164. The third-order valence-electron chi connectivity index (χ3n) is 13.2. The molecule has 1 saturated heterocycles. The van der Waals surface area contributed by atoms with Crippen LogP contribution in [0.25, 0.3) is 10.4 Å². The van der Waals surface area contributed by atoms with Crippen LogP contribution in [0, 0.1) is 34.5 Å². The van der Waals surface area contributed by atoms with Gasteiger partial charge in [-0.2, -0.15) is 5.26 Å². The fourth-order valence-electron chi connectivity index (χ4n) is 9.67. The summed E-state index contributed by atoms with van der Waals surface area (Å²) in [5, 5.41) is 32.7. The minimum atomic E-state index is -0.952. The van der Waals surface area contributed by atoms with Gasteiger partial charge in [0.05, 0.1) is 38.8 Å². The molecule has 2 unspecified atom stereocenters. The largest absolute Gasteiger partial charge is 0.489 e. The molecule has 2 aliphatic rings. The Labute approximate surface area is 409 Å². The maximum atomic E-state index is 14.1. The van der Waals surface area contributed by atoms with Gasteiger partial charge in [0.1, 0.15) is 36.6 Å². The molecule has 5 N–H and O–H groups in total.